The number of halogens is 6. The number of benzene rings is 1. The van der Waals surface area contributed by atoms with Crippen molar-refractivity contribution in [2.24, 2.45) is 0 Å². The van der Waals surface area contributed by atoms with E-state index < -0.39 is 52.7 Å². The standard InChI is InChI=1S/C30H37F6N3O4/c1-18-22(26(40)37-20-9-6-5-7-10-20)16-25(23-15-19(29(31,32)33)12-13-24(23)30(34,35)36)38(18)17-21-11-8-14-39(21)43-27(41)42-28(2,3)4/h12-13,15-16,20-21H,5-11,14,17H2,1-4H3,(H,37,40)/t21-/m1/s1. The third kappa shape index (κ3) is 8.04. The molecule has 2 aliphatic rings. The average molecular weight is 618 g/mol. The third-order valence-electron chi connectivity index (χ3n) is 7.78. The largest absolute Gasteiger partial charge is 0.528 e. The fourth-order valence-corrected chi connectivity index (χ4v) is 5.71. The van der Waals surface area contributed by atoms with Crippen LogP contribution in [0.2, 0.25) is 0 Å². The van der Waals surface area contributed by atoms with Crippen LogP contribution in [0.3, 0.4) is 0 Å². The van der Waals surface area contributed by atoms with Crippen LogP contribution in [-0.4, -0.2) is 45.9 Å². The fraction of sp³-hybridized carbons (Fsp3) is 0.600. The van der Waals surface area contributed by atoms with Gasteiger partial charge in [0.2, 0.25) is 0 Å². The molecule has 0 spiro atoms. The lowest BCUT2D eigenvalue weighted by Gasteiger charge is -2.27. The molecule has 1 N–H and O–H groups in total. The van der Waals surface area contributed by atoms with E-state index in [4.69, 9.17) is 9.57 Å². The van der Waals surface area contributed by atoms with Crippen molar-refractivity contribution in [3.05, 3.63) is 46.6 Å². The van der Waals surface area contributed by atoms with Gasteiger partial charge in [0.05, 0.1) is 22.7 Å². The van der Waals surface area contributed by atoms with E-state index in [2.05, 4.69) is 5.32 Å². The molecule has 43 heavy (non-hydrogen) atoms. The van der Waals surface area contributed by atoms with Crippen LogP contribution in [0.4, 0.5) is 31.1 Å². The maximum absolute atomic E-state index is 14.2. The van der Waals surface area contributed by atoms with Gasteiger partial charge in [-0.2, -0.15) is 26.3 Å². The lowest BCUT2D eigenvalue weighted by molar-refractivity contribution is -0.152. The summed E-state index contributed by atoms with van der Waals surface area (Å²) in [7, 11) is 0. The molecule has 13 heteroatoms. The number of ether oxygens (including phenoxy) is 1. The van der Waals surface area contributed by atoms with Crippen LogP contribution in [-0.2, 0) is 28.5 Å². The Bertz CT molecular complexity index is 1320. The zero-order chi connectivity index (χ0) is 31.7. The van der Waals surface area contributed by atoms with E-state index in [1.165, 1.54) is 15.7 Å². The second kappa shape index (κ2) is 12.4. The molecule has 2 fully saturated rings. The first kappa shape index (κ1) is 32.7. The molecule has 1 aromatic carbocycles. The molecule has 0 unspecified atom stereocenters. The van der Waals surface area contributed by atoms with Crippen LogP contribution in [0.1, 0.15) is 92.9 Å². The normalized spacial score (nSPS) is 19.0. The molecule has 1 aromatic heterocycles. The lowest BCUT2D eigenvalue weighted by atomic mass is 9.95. The van der Waals surface area contributed by atoms with Crippen LogP contribution in [0.15, 0.2) is 24.3 Å². The molecule has 2 aromatic rings. The Morgan fingerprint density at radius 1 is 0.930 bits per heavy atom. The maximum atomic E-state index is 14.2. The van der Waals surface area contributed by atoms with E-state index in [-0.39, 0.29) is 29.5 Å². The Balaban J connectivity index is 1.78. The van der Waals surface area contributed by atoms with Gasteiger partial charge < -0.3 is 19.5 Å². The summed E-state index contributed by atoms with van der Waals surface area (Å²) < 4.78 is 90.2. The number of amides is 1. The van der Waals surface area contributed by atoms with E-state index in [9.17, 15) is 35.9 Å². The summed E-state index contributed by atoms with van der Waals surface area (Å²) >= 11 is 0. The lowest BCUT2D eigenvalue weighted by Crippen LogP contribution is -2.38. The topological polar surface area (TPSA) is 72.8 Å². The van der Waals surface area contributed by atoms with Gasteiger partial charge in [-0.25, -0.2) is 4.79 Å². The van der Waals surface area contributed by atoms with Crippen molar-refractivity contribution in [3.8, 4) is 11.3 Å². The summed E-state index contributed by atoms with van der Waals surface area (Å²) in [4.78, 5) is 31.2. The van der Waals surface area contributed by atoms with Gasteiger partial charge in [0.25, 0.3) is 5.91 Å². The smallest absolute Gasteiger partial charge is 0.427 e. The number of nitrogens with zero attached hydrogens (tertiary/aromatic N) is 2. The van der Waals surface area contributed by atoms with Crippen LogP contribution < -0.4 is 5.32 Å². The Labute approximate surface area is 246 Å². The van der Waals surface area contributed by atoms with Gasteiger partial charge in [-0.15, -0.1) is 5.06 Å². The number of hydrogen-bond donors (Lipinski definition) is 1. The minimum absolute atomic E-state index is 0.0474. The first-order valence-corrected chi connectivity index (χ1v) is 14.4. The monoisotopic (exact) mass is 617 g/mol. The maximum Gasteiger partial charge on any atom is 0.528 e. The number of aromatic nitrogens is 1. The molecular weight excluding hydrogens is 580 g/mol. The number of carbonyl (C=O) groups is 2. The highest BCUT2D eigenvalue weighted by atomic mass is 19.4. The Kier molecular flexibility index (Phi) is 9.44. The highest BCUT2D eigenvalue weighted by Gasteiger charge is 2.39. The van der Waals surface area contributed by atoms with Crippen LogP contribution >= 0.6 is 0 Å². The molecular formula is C30H37F6N3O4. The van der Waals surface area contributed by atoms with Crippen molar-refractivity contribution in [1.82, 2.24) is 14.9 Å². The summed E-state index contributed by atoms with van der Waals surface area (Å²) in [5, 5.41) is 4.32. The average Bonchev–Trinajstić information content (AvgIpc) is 3.46. The molecule has 2 heterocycles. The second-order valence-electron chi connectivity index (χ2n) is 12.2. The van der Waals surface area contributed by atoms with E-state index >= 15 is 0 Å². The van der Waals surface area contributed by atoms with Gasteiger partial charge in [-0.3, -0.25) is 4.79 Å². The molecule has 4 rings (SSSR count). The molecule has 1 atom stereocenters. The van der Waals surface area contributed by atoms with Crippen molar-refractivity contribution in [2.75, 3.05) is 6.54 Å². The Hall–Kier alpha value is -3.22. The van der Waals surface area contributed by atoms with E-state index in [0.717, 1.165) is 32.1 Å². The number of rotatable bonds is 6. The molecule has 1 amide bonds. The molecule has 0 bridgehead atoms. The zero-order valence-corrected chi connectivity index (χ0v) is 24.6. The van der Waals surface area contributed by atoms with Crippen molar-refractivity contribution in [2.45, 2.75) is 109 Å². The molecule has 1 saturated carbocycles. The second-order valence-corrected chi connectivity index (χ2v) is 12.2. The number of carbonyl (C=O) groups excluding carboxylic acids is 2. The van der Waals surface area contributed by atoms with Crippen molar-refractivity contribution in [3.63, 3.8) is 0 Å². The molecule has 1 aliphatic carbocycles. The fourth-order valence-electron chi connectivity index (χ4n) is 5.71. The summed E-state index contributed by atoms with van der Waals surface area (Å²) in [5.74, 6) is -0.502. The van der Waals surface area contributed by atoms with E-state index in [1.807, 2.05) is 0 Å². The SMILES string of the molecule is Cc1c(C(=O)NC2CCCCC2)cc(-c2cc(C(F)(F)F)ccc2C(F)(F)F)n1C[C@H]1CCCN1OC(=O)OC(C)(C)C. The van der Waals surface area contributed by atoms with E-state index in [0.29, 0.717) is 37.6 Å². The van der Waals surface area contributed by atoms with Crippen LogP contribution in [0, 0.1) is 6.92 Å². The summed E-state index contributed by atoms with van der Waals surface area (Å²) in [6.07, 6.45) is -5.28. The molecule has 0 radical (unpaired) electrons. The predicted molar refractivity (Wildman–Crippen MR) is 146 cm³/mol. The van der Waals surface area contributed by atoms with Crippen LogP contribution in [0.25, 0.3) is 11.3 Å². The van der Waals surface area contributed by atoms with Crippen molar-refractivity contribution < 1.29 is 45.5 Å². The van der Waals surface area contributed by atoms with Gasteiger partial charge in [-0.1, -0.05) is 19.3 Å². The first-order valence-electron chi connectivity index (χ1n) is 14.4. The predicted octanol–water partition coefficient (Wildman–Crippen LogP) is 7.89. The Morgan fingerprint density at radius 2 is 1.60 bits per heavy atom. The van der Waals surface area contributed by atoms with Gasteiger partial charge in [0.15, 0.2) is 0 Å². The van der Waals surface area contributed by atoms with Gasteiger partial charge in [0.1, 0.15) is 5.60 Å². The van der Waals surface area contributed by atoms with Crippen molar-refractivity contribution in [1.29, 1.82) is 0 Å². The molecule has 7 nitrogen and oxygen atoms in total. The molecule has 1 aliphatic heterocycles. The van der Waals surface area contributed by atoms with E-state index in [1.54, 1.807) is 27.7 Å². The summed E-state index contributed by atoms with van der Waals surface area (Å²) in [5.41, 5.74) is -3.85. The van der Waals surface area contributed by atoms with Gasteiger partial charge in [-0.05, 0) is 77.6 Å². The third-order valence-corrected chi connectivity index (χ3v) is 7.78. The minimum Gasteiger partial charge on any atom is -0.427 e. The highest BCUT2D eigenvalue weighted by Crippen LogP contribution is 2.42. The number of hydroxylamine groups is 2. The van der Waals surface area contributed by atoms with Crippen LogP contribution in [0.5, 0.6) is 0 Å². The number of hydrogen-bond acceptors (Lipinski definition) is 5. The number of nitrogens with one attached hydrogen (secondary N) is 1. The summed E-state index contributed by atoms with van der Waals surface area (Å²) in [6, 6.07) is 1.88. The first-order chi connectivity index (χ1) is 19.9. The van der Waals surface area contributed by atoms with Gasteiger partial charge >= 0.3 is 18.5 Å². The highest BCUT2D eigenvalue weighted by molar-refractivity contribution is 5.97. The van der Waals surface area contributed by atoms with Gasteiger partial charge in [0, 0.05) is 36.1 Å². The number of alkyl halides is 6. The molecule has 238 valence electrons. The quantitative estimate of drug-likeness (QED) is 0.264. The van der Waals surface area contributed by atoms with Crippen molar-refractivity contribution >= 4 is 12.1 Å². The Morgan fingerprint density at radius 3 is 2.21 bits per heavy atom. The zero-order valence-electron chi connectivity index (χ0n) is 24.6. The molecule has 1 saturated heterocycles. The summed E-state index contributed by atoms with van der Waals surface area (Å²) in [6.45, 7) is 6.82. The minimum atomic E-state index is -4.97.